The van der Waals surface area contributed by atoms with Gasteiger partial charge in [-0.2, -0.15) is 0 Å². The second kappa shape index (κ2) is 7.01. The summed E-state index contributed by atoms with van der Waals surface area (Å²) in [5.41, 5.74) is 2.56. The van der Waals surface area contributed by atoms with E-state index in [0.29, 0.717) is 6.42 Å². The third kappa shape index (κ3) is 4.94. The SMILES string of the molecule is CNC(=O)CCCNCc1ccc(C)cc1. The van der Waals surface area contributed by atoms with E-state index < -0.39 is 0 Å². The molecule has 0 fully saturated rings. The molecule has 0 atom stereocenters. The first-order chi connectivity index (χ1) is 7.72. The Morgan fingerprint density at radius 1 is 1.25 bits per heavy atom. The van der Waals surface area contributed by atoms with E-state index in [1.54, 1.807) is 7.05 Å². The summed E-state index contributed by atoms with van der Waals surface area (Å²) in [6.45, 7) is 3.83. The first-order valence-corrected chi connectivity index (χ1v) is 5.69. The molecule has 1 amide bonds. The van der Waals surface area contributed by atoms with Crippen LogP contribution in [0, 0.1) is 6.92 Å². The minimum absolute atomic E-state index is 0.108. The lowest BCUT2D eigenvalue weighted by Gasteiger charge is -2.05. The van der Waals surface area contributed by atoms with Crippen molar-refractivity contribution in [1.82, 2.24) is 10.6 Å². The van der Waals surface area contributed by atoms with Gasteiger partial charge in [0.1, 0.15) is 0 Å². The maximum atomic E-state index is 10.9. The summed E-state index contributed by atoms with van der Waals surface area (Å²) in [6.07, 6.45) is 1.48. The van der Waals surface area contributed by atoms with E-state index in [2.05, 4.69) is 41.8 Å². The standard InChI is InChI=1S/C13H20N2O/c1-11-5-7-12(8-6-11)10-15-9-3-4-13(16)14-2/h5-8,15H,3-4,9-10H2,1-2H3,(H,14,16). The Bertz CT molecular complexity index is 319. The van der Waals surface area contributed by atoms with Gasteiger partial charge < -0.3 is 10.6 Å². The van der Waals surface area contributed by atoms with Crippen molar-refractivity contribution < 1.29 is 4.79 Å². The summed E-state index contributed by atoms with van der Waals surface area (Å²) in [7, 11) is 1.67. The van der Waals surface area contributed by atoms with Gasteiger partial charge in [0.05, 0.1) is 0 Å². The van der Waals surface area contributed by atoms with Crippen LogP contribution in [0.2, 0.25) is 0 Å². The number of benzene rings is 1. The van der Waals surface area contributed by atoms with Crippen molar-refractivity contribution in [2.24, 2.45) is 0 Å². The molecule has 3 nitrogen and oxygen atoms in total. The molecule has 2 N–H and O–H groups in total. The number of carbonyl (C=O) groups excluding carboxylic acids is 1. The van der Waals surface area contributed by atoms with Crippen LogP contribution in [0.5, 0.6) is 0 Å². The molecule has 1 aromatic rings. The Labute approximate surface area is 97.2 Å². The molecule has 0 unspecified atom stereocenters. The number of amides is 1. The Balaban J connectivity index is 2.11. The summed E-state index contributed by atoms with van der Waals surface area (Å²) in [4.78, 5) is 10.9. The third-order valence-electron chi connectivity index (χ3n) is 2.49. The molecule has 0 aliphatic heterocycles. The van der Waals surface area contributed by atoms with E-state index in [1.165, 1.54) is 11.1 Å². The van der Waals surface area contributed by atoms with Crippen molar-refractivity contribution in [3.63, 3.8) is 0 Å². The number of rotatable bonds is 6. The van der Waals surface area contributed by atoms with E-state index >= 15 is 0 Å². The van der Waals surface area contributed by atoms with Crippen LogP contribution >= 0.6 is 0 Å². The second-order valence-electron chi connectivity index (χ2n) is 3.94. The Kier molecular flexibility index (Phi) is 5.57. The van der Waals surface area contributed by atoms with Crippen LogP contribution in [0.25, 0.3) is 0 Å². The van der Waals surface area contributed by atoms with Gasteiger partial charge in [-0.15, -0.1) is 0 Å². The molecule has 0 aromatic heterocycles. The molecular formula is C13H20N2O. The summed E-state index contributed by atoms with van der Waals surface area (Å²) in [5, 5.41) is 5.93. The normalized spacial score (nSPS) is 10.1. The fourth-order valence-corrected chi connectivity index (χ4v) is 1.44. The highest BCUT2D eigenvalue weighted by Crippen LogP contribution is 2.02. The lowest BCUT2D eigenvalue weighted by Crippen LogP contribution is -2.20. The van der Waals surface area contributed by atoms with Crippen molar-refractivity contribution in [3.05, 3.63) is 35.4 Å². The monoisotopic (exact) mass is 220 g/mol. The van der Waals surface area contributed by atoms with Gasteiger partial charge in [-0.3, -0.25) is 4.79 Å². The average molecular weight is 220 g/mol. The fourth-order valence-electron chi connectivity index (χ4n) is 1.44. The molecule has 0 heterocycles. The lowest BCUT2D eigenvalue weighted by molar-refractivity contribution is -0.120. The molecule has 0 spiro atoms. The van der Waals surface area contributed by atoms with Crippen LogP contribution in [0.15, 0.2) is 24.3 Å². The van der Waals surface area contributed by atoms with Gasteiger partial charge in [0.15, 0.2) is 0 Å². The van der Waals surface area contributed by atoms with Gasteiger partial charge in [0.25, 0.3) is 0 Å². The van der Waals surface area contributed by atoms with Crippen molar-refractivity contribution in [2.45, 2.75) is 26.3 Å². The maximum Gasteiger partial charge on any atom is 0.219 e. The minimum Gasteiger partial charge on any atom is -0.359 e. The molecule has 88 valence electrons. The van der Waals surface area contributed by atoms with Crippen LogP contribution in [0.4, 0.5) is 0 Å². The molecule has 0 bridgehead atoms. The Morgan fingerprint density at radius 3 is 2.56 bits per heavy atom. The molecule has 0 saturated carbocycles. The Morgan fingerprint density at radius 2 is 1.94 bits per heavy atom. The van der Waals surface area contributed by atoms with Crippen LogP contribution in [-0.2, 0) is 11.3 Å². The van der Waals surface area contributed by atoms with Crippen molar-refractivity contribution in [1.29, 1.82) is 0 Å². The quantitative estimate of drug-likeness (QED) is 0.715. The molecule has 16 heavy (non-hydrogen) atoms. The predicted molar refractivity (Wildman–Crippen MR) is 66.2 cm³/mol. The number of aryl methyl sites for hydroxylation is 1. The lowest BCUT2D eigenvalue weighted by atomic mass is 10.1. The van der Waals surface area contributed by atoms with Gasteiger partial charge in [-0.1, -0.05) is 29.8 Å². The molecule has 1 aromatic carbocycles. The van der Waals surface area contributed by atoms with E-state index in [4.69, 9.17) is 0 Å². The van der Waals surface area contributed by atoms with Gasteiger partial charge in [0, 0.05) is 20.0 Å². The van der Waals surface area contributed by atoms with Crippen molar-refractivity contribution in [3.8, 4) is 0 Å². The number of carbonyl (C=O) groups is 1. The average Bonchev–Trinajstić information content (AvgIpc) is 2.31. The molecule has 0 radical (unpaired) electrons. The summed E-state index contributed by atoms with van der Waals surface area (Å²) in [5.74, 6) is 0.108. The predicted octanol–water partition coefficient (Wildman–Crippen LogP) is 1.61. The first kappa shape index (κ1) is 12.7. The summed E-state index contributed by atoms with van der Waals surface area (Å²) >= 11 is 0. The molecule has 3 heteroatoms. The van der Waals surface area contributed by atoms with E-state index in [0.717, 1.165) is 19.5 Å². The first-order valence-electron chi connectivity index (χ1n) is 5.69. The van der Waals surface area contributed by atoms with Gasteiger partial charge in [-0.25, -0.2) is 0 Å². The van der Waals surface area contributed by atoms with Crippen molar-refractivity contribution in [2.75, 3.05) is 13.6 Å². The zero-order chi connectivity index (χ0) is 11.8. The smallest absolute Gasteiger partial charge is 0.219 e. The molecule has 0 saturated heterocycles. The van der Waals surface area contributed by atoms with E-state index in [1.807, 2.05) is 0 Å². The molecule has 1 rings (SSSR count). The zero-order valence-corrected chi connectivity index (χ0v) is 10.0. The van der Waals surface area contributed by atoms with Crippen molar-refractivity contribution >= 4 is 5.91 Å². The number of nitrogens with one attached hydrogen (secondary N) is 2. The Hall–Kier alpha value is -1.35. The fraction of sp³-hybridized carbons (Fsp3) is 0.462. The van der Waals surface area contributed by atoms with Crippen LogP contribution < -0.4 is 10.6 Å². The highest BCUT2D eigenvalue weighted by atomic mass is 16.1. The largest absolute Gasteiger partial charge is 0.359 e. The van der Waals surface area contributed by atoms with Gasteiger partial charge in [-0.05, 0) is 25.5 Å². The minimum atomic E-state index is 0.108. The van der Waals surface area contributed by atoms with E-state index in [-0.39, 0.29) is 5.91 Å². The van der Waals surface area contributed by atoms with E-state index in [9.17, 15) is 4.79 Å². The maximum absolute atomic E-state index is 10.9. The van der Waals surface area contributed by atoms with Gasteiger partial charge >= 0.3 is 0 Å². The highest BCUT2D eigenvalue weighted by Gasteiger charge is 1.97. The highest BCUT2D eigenvalue weighted by molar-refractivity contribution is 5.75. The van der Waals surface area contributed by atoms with Crippen LogP contribution in [0.3, 0.4) is 0 Å². The molecule has 0 aliphatic carbocycles. The summed E-state index contributed by atoms with van der Waals surface area (Å²) in [6, 6.07) is 8.48. The molecular weight excluding hydrogens is 200 g/mol. The van der Waals surface area contributed by atoms with Crippen LogP contribution in [-0.4, -0.2) is 19.5 Å². The second-order valence-corrected chi connectivity index (χ2v) is 3.94. The zero-order valence-electron chi connectivity index (χ0n) is 10.0. The number of hydrogen-bond acceptors (Lipinski definition) is 2. The van der Waals surface area contributed by atoms with Crippen LogP contribution in [0.1, 0.15) is 24.0 Å². The third-order valence-corrected chi connectivity index (χ3v) is 2.49. The summed E-state index contributed by atoms with van der Waals surface area (Å²) < 4.78 is 0. The topological polar surface area (TPSA) is 41.1 Å². The van der Waals surface area contributed by atoms with Gasteiger partial charge in [0.2, 0.25) is 5.91 Å². The molecule has 0 aliphatic rings. The number of hydrogen-bond donors (Lipinski definition) is 2.